The summed E-state index contributed by atoms with van der Waals surface area (Å²) in [7, 11) is 0. The molecule has 0 spiro atoms. The maximum atomic E-state index is 9.95. The highest BCUT2D eigenvalue weighted by atomic mass is 16.3. The number of aryl methyl sites for hydroxylation is 1. The highest BCUT2D eigenvalue weighted by molar-refractivity contribution is 5.34. The van der Waals surface area contributed by atoms with Crippen molar-refractivity contribution < 1.29 is 5.11 Å². The van der Waals surface area contributed by atoms with Crippen molar-refractivity contribution in [3.63, 3.8) is 0 Å². The monoisotopic (exact) mass is 256 g/mol. The lowest BCUT2D eigenvalue weighted by Gasteiger charge is -2.18. The molecule has 0 fully saturated rings. The van der Waals surface area contributed by atoms with Crippen LogP contribution in [0.25, 0.3) is 0 Å². The molecule has 1 unspecified atom stereocenters. The minimum atomic E-state index is -0.208. The minimum absolute atomic E-state index is 0.157. The van der Waals surface area contributed by atoms with Gasteiger partial charge < -0.3 is 5.11 Å². The molecular weight excluding hydrogens is 236 g/mol. The average molecular weight is 256 g/mol. The molecule has 0 saturated heterocycles. The minimum Gasteiger partial charge on any atom is -0.512 e. The molecule has 1 heterocycles. The molecule has 100 valence electrons. The molecule has 1 aromatic carbocycles. The van der Waals surface area contributed by atoms with E-state index in [1.54, 1.807) is 6.20 Å². The van der Waals surface area contributed by atoms with Gasteiger partial charge in [0.05, 0.1) is 17.4 Å². The Morgan fingerprint density at radius 1 is 1.32 bits per heavy atom. The van der Waals surface area contributed by atoms with Gasteiger partial charge in [-0.3, -0.25) is 4.68 Å². The smallest absolute Gasteiger partial charge is 0.0985 e. The van der Waals surface area contributed by atoms with Crippen molar-refractivity contribution in [2.75, 3.05) is 0 Å². The first kappa shape index (κ1) is 13.4. The van der Waals surface area contributed by atoms with Crippen LogP contribution in [0.3, 0.4) is 0 Å². The molecule has 0 saturated carbocycles. The zero-order valence-electron chi connectivity index (χ0n) is 11.3. The molecule has 1 N–H and O–H groups in total. The van der Waals surface area contributed by atoms with Gasteiger partial charge in [-0.2, -0.15) is 5.10 Å². The van der Waals surface area contributed by atoms with E-state index in [2.05, 4.69) is 18.6 Å². The predicted molar refractivity (Wildman–Crippen MR) is 77.2 cm³/mol. The summed E-state index contributed by atoms with van der Waals surface area (Å²) in [5.41, 5.74) is 2.03. The number of allylic oxidation sites excluding steroid dienone is 1. The number of aliphatic hydroxyl groups excluding tert-OH is 1. The van der Waals surface area contributed by atoms with Crippen LogP contribution in [-0.2, 0) is 6.54 Å². The van der Waals surface area contributed by atoms with Gasteiger partial charge in [-0.05, 0) is 18.1 Å². The highest BCUT2D eigenvalue weighted by Gasteiger charge is 2.20. The molecule has 0 radical (unpaired) electrons. The molecule has 3 nitrogen and oxygen atoms in total. The van der Waals surface area contributed by atoms with E-state index in [-0.39, 0.29) is 11.7 Å². The predicted octanol–water partition coefficient (Wildman–Crippen LogP) is 3.89. The van der Waals surface area contributed by atoms with Crippen LogP contribution in [0.15, 0.2) is 54.9 Å². The van der Waals surface area contributed by atoms with Crippen LogP contribution in [0.1, 0.15) is 36.9 Å². The van der Waals surface area contributed by atoms with E-state index in [0.717, 1.165) is 30.6 Å². The zero-order valence-corrected chi connectivity index (χ0v) is 11.3. The van der Waals surface area contributed by atoms with Crippen molar-refractivity contribution in [1.29, 1.82) is 0 Å². The van der Waals surface area contributed by atoms with Gasteiger partial charge in [0.2, 0.25) is 0 Å². The second kappa shape index (κ2) is 6.23. The fourth-order valence-corrected chi connectivity index (χ4v) is 2.26. The lowest BCUT2D eigenvalue weighted by molar-refractivity contribution is 0.376. The van der Waals surface area contributed by atoms with Crippen LogP contribution in [0.2, 0.25) is 0 Å². The van der Waals surface area contributed by atoms with Gasteiger partial charge in [0.1, 0.15) is 0 Å². The molecule has 0 aliphatic rings. The van der Waals surface area contributed by atoms with E-state index >= 15 is 0 Å². The lowest BCUT2D eigenvalue weighted by atomic mass is 9.94. The molecule has 0 aliphatic heterocycles. The summed E-state index contributed by atoms with van der Waals surface area (Å²) in [5, 5.41) is 14.3. The van der Waals surface area contributed by atoms with Gasteiger partial charge >= 0.3 is 0 Å². The van der Waals surface area contributed by atoms with Crippen molar-refractivity contribution in [2.45, 2.75) is 32.2 Å². The van der Waals surface area contributed by atoms with Gasteiger partial charge in [0.25, 0.3) is 0 Å². The summed E-state index contributed by atoms with van der Waals surface area (Å²) >= 11 is 0. The number of benzene rings is 1. The Morgan fingerprint density at radius 3 is 2.68 bits per heavy atom. The van der Waals surface area contributed by atoms with Gasteiger partial charge in [0, 0.05) is 12.7 Å². The summed E-state index contributed by atoms with van der Waals surface area (Å²) < 4.78 is 1.96. The number of hydrogen-bond acceptors (Lipinski definition) is 2. The second-order valence-corrected chi connectivity index (χ2v) is 4.67. The van der Waals surface area contributed by atoms with Crippen LogP contribution in [0.5, 0.6) is 0 Å². The fourth-order valence-electron chi connectivity index (χ4n) is 2.26. The summed E-state index contributed by atoms with van der Waals surface area (Å²) in [6.45, 7) is 6.75. The first-order valence-corrected chi connectivity index (χ1v) is 6.68. The molecule has 19 heavy (non-hydrogen) atoms. The lowest BCUT2D eigenvalue weighted by Crippen LogP contribution is -2.12. The first-order valence-electron chi connectivity index (χ1n) is 6.68. The van der Waals surface area contributed by atoms with Crippen molar-refractivity contribution in [1.82, 2.24) is 9.78 Å². The van der Waals surface area contributed by atoms with Crippen molar-refractivity contribution in [2.24, 2.45) is 0 Å². The Hall–Kier alpha value is -2.03. The summed E-state index contributed by atoms with van der Waals surface area (Å²) in [4.78, 5) is 0. The van der Waals surface area contributed by atoms with Gasteiger partial charge in [-0.15, -0.1) is 0 Å². The molecule has 1 atom stereocenters. The Labute approximate surface area is 114 Å². The van der Waals surface area contributed by atoms with Gasteiger partial charge in [-0.1, -0.05) is 50.3 Å². The Kier molecular flexibility index (Phi) is 4.39. The Balaban J connectivity index is 2.35. The molecular formula is C16H20N2O. The average Bonchev–Trinajstić information content (AvgIpc) is 2.85. The van der Waals surface area contributed by atoms with E-state index in [1.807, 2.05) is 41.1 Å². The molecule has 3 heteroatoms. The second-order valence-electron chi connectivity index (χ2n) is 4.67. The number of hydrogen-bond donors (Lipinski definition) is 1. The van der Waals surface area contributed by atoms with Crippen LogP contribution in [-0.4, -0.2) is 14.9 Å². The van der Waals surface area contributed by atoms with E-state index in [0.29, 0.717) is 0 Å². The Morgan fingerprint density at radius 2 is 2.05 bits per heavy atom. The summed E-state index contributed by atoms with van der Waals surface area (Å²) in [5.74, 6) is -0.0509. The largest absolute Gasteiger partial charge is 0.512 e. The van der Waals surface area contributed by atoms with Gasteiger partial charge in [0.15, 0.2) is 0 Å². The van der Waals surface area contributed by atoms with E-state index < -0.39 is 0 Å². The number of aromatic nitrogens is 2. The van der Waals surface area contributed by atoms with E-state index in [9.17, 15) is 5.11 Å². The van der Waals surface area contributed by atoms with E-state index in [1.165, 1.54) is 0 Å². The van der Waals surface area contributed by atoms with Crippen LogP contribution in [0, 0.1) is 0 Å². The molecule has 0 aliphatic carbocycles. The molecule has 0 amide bonds. The first-order chi connectivity index (χ1) is 9.24. The number of nitrogens with zero attached hydrogens (tertiary/aromatic N) is 2. The SMILES string of the molecule is C=C(O)C(c1ccccc1)c1ccnn1CCCC. The van der Waals surface area contributed by atoms with Crippen LogP contribution in [0.4, 0.5) is 0 Å². The van der Waals surface area contributed by atoms with Crippen LogP contribution < -0.4 is 0 Å². The van der Waals surface area contributed by atoms with Crippen molar-refractivity contribution >= 4 is 0 Å². The van der Waals surface area contributed by atoms with Crippen LogP contribution >= 0.6 is 0 Å². The maximum absolute atomic E-state index is 9.95. The highest BCUT2D eigenvalue weighted by Crippen LogP contribution is 2.29. The summed E-state index contributed by atoms with van der Waals surface area (Å²) in [6.07, 6.45) is 3.98. The Bertz CT molecular complexity index is 531. The number of unbranched alkanes of at least 4 members (excludes halogenated alkanes) is 1. The molecule has 2 aromatic rings. The summed E-state index contributed by atoms with van der Waals surface area (Å²) in [6, 6.07) is 11.9. The third-order valence-corrected chi connectivity index (χ3v) is 3.23. The van der Waals surface area contributed by atoms with E-state index in [4.69, 9.17) is 0 Å². The standard InChI is InChI=1S/C16H20N2O/c1-3-4-12-18-15(10-11-17-18)16(13(2)19)14-8-6-5-7-9-14/h5-11,16,19H,2-4,12H2,1H3. The fraction of sp³-hybridized carbons (Fsp3) is 0.312. The van der Waals surface area contributed by atoms with Gasteiger partial charge in [-0.25, -0.2) is 0 Å². The third kappa shape index (κ3) is 3.05. The third-order valence-electron chi connectivity index (χ3n) is 3.23. The van der Waals surface area contributed by atoms with Crippen molar-refractivity contribution in [3.8, 4) is 0 Å². The maximum Gasteiger partial charge on any atom is 0.0985 e. The number of rotatable bonds is 6. The molecule has 2 rings (SSSR count). The zero-order chi connectivity index (χ0) is 13.7. The molecule has 1 aromatic heterocycles. The number of aliphatic hydroxyl groups is 1. The quantitative estimate of drug-likeness (QED) is 0.796. The van der Waals surface area contributed by atoms with Crippen molar-refractivity contribution in [3.05, 3.63) is 66.2 Å². The topological polar surface area (TPSA) is 38.1 Å². The molecule has 0 bridgehead atoms. The normalized spacial score (nSPS) is 12.3.